The second kappa shape index (κ2) is 9.06. The van der Waals surface area contributed by atoms with Gasteiger partial charge in [-0.25, -0.2) is 18.4 Å². The number of hydrogen-bond donors (Lipinski definition) is 2. The minimum atomic E-state index is -3.80. The molecule has 10 heteroatoms. The lowest BCUT2D eigenvalue weighted by Crippen LogP contribution is -2.18. The lowest BCUT2D eigenvalue weighted by molar-refractivity contribution is 0.395. The molecule has 0 bridgehead atoms. The van der Waals surface area contributed by atoms with Gasteiger partial charge in [0.25, 0.3) is 0 Å². The normalized spacial score (nSPS) is 11.2. The minimum Gasteiger partial charge on any atom is -0.497 e. The van der Waals surface area contributed by atoms with Crippen LogP contribution in [0.5, 0.6) is 11.5 Å². The highest BCUT2D eigenvalue weighted by Crippen LogP contribution is 2.31. The number of nitrogens with zero attached hydrogens (tertiary/aromatic N) is 3. The summed E-state index contributed by atoms with van der Waals surface area (Å²) >= 11 is 0. The Hall–Kier alpha value is -3.92. The minimum absolute atomic E-state index is 0.0708. The summed E-state index contributed by atoms with van der Waals surface area (Å²) < 4.78 is 38.8. The molecule has 2 heterocycles. The number of anilines is 3. The van der Waals surface area contributed by atoms with Gasteiger partial charge in [-0.15, -0.1) is 0 Å². The maximum atomic E-state index is 12.8. The quantitative estimate of drug-likeness (QED) is 0.416. The Morgan fingerprint density at radius 3 is 2.06 bits per heavy atom. The monoisotopic (exact) mass is 451 g/mol. The summed E-state index contributed by atoms with van der Waals surface area (Å²) in [7, 11) is -0.707. The molecule has 2 N–H and O–H groups in total. The van der Waals surface area contributed by atoms with E-state index in [4.69, 9.17) is 9.47 Å². The van der Waals surface area contributed by atoms with Crippen LogP contribution in [0.1, 0.15) is 5.69 Å². The molecule has 0 saturated carbocycles. The fourth-order valence-corrected chi connectivity index (χ4v) is 4.11. The lowest BCUT2D eigenvalue weighted by atomic mass is 10.2. The number of sulfonamides is 1. The molecule has 4 rings (SSSR count). The Kier molecular flexibility index (Phi) is 6.04. The SMILES string of the molecule is COc1cc(Nc2nc3ccccc3nc2NS(=O)(=O)Cc2ccccn2)cc(OC)c1. The van der Waals surface area contributed by atoms with Crippen molar-refractivity contribution in [3.63, 3.8) is 0 Å². The van der Waals surface area contributed by atoms with Gasteiger partial charge in [-0.1, -0.05) is 18.2 Å². The molecule has 0 atom stereocenters. The van der Waals surface area contributed by atoms with E-state index in [0.717, 1.165) is 0 Å². The number of pyridine rings is 1. The van der Waals surface area contributed by atoms with Crippen molar-refractivity contribution in [1.29, 1.82) is 0 Å². The predicted molar refractivity (Wildman–Crippen MR) is 123 cm³/mol. The fourth-order valence-electron chi connectivity index (χ4n) is 3.04. The van der Waals surface area contributed by atoms with E-state index in [-0.39, 0.29) is 17.4 Å². The van der Waals surface area contributed by atoms with E-state index in [1.54, 1.807) is 68.9 Å². The number of fused-ring (bicyclic) bond motifs is 1. The second-order valence-electron chi connectivity index (χ2n) is 6.82. The number of benzene rings is 2. The Bertz CT molecular complexity index is 1330. The van der Waals surface area contributed by atoms with Crippen molar-refractivity contribution < 1.29 is 17.9 Å². The van der Waals surface area contributed by atoms with Crippen LogP contribution in [0.2, 0.25) is 0 Å². The predicted octanol–water partition coefficient (Wildman–Crippen LogP) is 3.73. The van der Waals surface area contributed by atoms with Crippen molar-refractivity contribution in [2.24, 2.45) is 0 Å². The van der Waals surface area contributed by atoms with Gasteiger partial charge >= 0.3 is 0 Å². The van der Waals surface area contributed by atoms with Crippen LogP contribution in [-0.2, 0) is 15.8 Å². The van der Waals surface area contributed by atoms with E-state index in [1.807, 2.05) is 12.1 Å². The second-order valence-corrected chi connectivity index (χ2v) is 8.54. The van der Waals surface area contributed by atoms with E-state index in [0.29, 0.717) is 33.9 Å². The van der Waals surface area contributed by atoms with Crippen LogP contribution in [0, 0.1) is 0 Å². The largest absolute Gasteiger partial charge is 0.497 e. The molecule has 0 fully saturated rings. The third-order valence-electron chi connectivity index (χ3n) is 4.50. The van der Waals surface area contributed by atoms with Crippen LogP contribution in [0.15, 0.2) is 66.9 Å². The van der Waals surface area contributed by atoms with Crippen molar-refractivity contribution in [2.45, 2.75) is 5.75 Å². The van der Waals surface area contributed by atoms with E-state index < -0.39 is 10.0 Å². The molecule has 0 aliphatic heterocycles. The number of rotatable bonds is 8. The van der Waals surface area contributed by atoms with Gasteiger partial charge in [0.1, 0.15) is 17.3 Å². The molecule has 2 aromatic heterocycles. The third-order valence-corrected chi connectivity index (χ3v) is 5.68. The molecule has 4 aromatic rings. The molecule has 0 saturated heterocycles. The average molecular weight is 452 g/mol. The van der Waals surface area contributed by atoms with Gasteiger partial charge in [-0.05, 0) is 24.3 Å². The maximum Gasteiger partial charge on any atom is 0.239 e. The van der Waals surface area contributed by atoms with Gasteiger partial charge in [0.2, 0.25) is 10.0 Å². The van der Waals surface area contributed by atoms with Crippen LogP contribution in [0.3, 0.4) is 0 Å². The van der Waals surface area contributed by atoms with Crippen molar-refractivity contribution in [3.05, 3.63) is 72.6 Å². The van der Waals surface area contributed by atoms with Gasteiger partial charge in [-0.2, -0.15) is 0 Å². The maximum absolute atomic E-state index is 12.8. The fraction of sp³-hybridized carbons (Fsp3) is 0.136. The van der Waals surface area contributed by atoms with Crippen LogP contribution in [0.4, 0.5) is 17.3 Å². The summed E-state index contributed by atoms with van der Waals surface area (Å²) in [4.78, 5) is 13.1. The number of ether oxygens (including phenoxy) is 2. The highest BCUT2D eigenvalue weighted by atomic mass is 32.2. The van der Waals surface area contributed by atoms with Crippen molar-refractivity contribution in [2.75, 3.05) is 24.3 Å². The molecule has 32 heavy (non-hydrogen) atoms. The highest BCUT2D eigenvalue weighted by Gasteiger charge is 2.18. The van der Waals surface area contributed by atoms with Crippen LogP contribution in [0.25, 0.3) is 11.0 Å². The first-order valence-electron chi connectivity index (χ1n) is 9.63. The van der Waals surface area contributed by atoms with E-state index in [2.05, 4.69) is 25.0 Å². The summed E-state index contributed by atoms with van der Waals surface area (Å²) in [5, 5.41) is 3.12. The summed E-state index contributed by atoms with van der Waals surface area (Å²) in [6, 6.07) is 17.5. The van der Waals surface area contributed by atoms with E-state index in [9.17, 15) is 8.42 Å². The topological polar surface area (TPSA) is 115 Å². The molecule has 2 aromatic carbocycles. The number of nitrogens with one attached hydrogen (secondary N) is 2. The Morgan fingerprint density at radius 2 is 1.47 bits per heavy atom. The molecule has 0 radical (unpaired) electrons. The van der Waals surface area contributed by atoms with Gasteiger partial charge in [-0.3, -0.25) is 9.71 Å². The molecule has 0 aliphatic carbocycles. The number of hydrogen-bond acceptors (Lipinski definition) is 8. The Morgan fingerprint density at radius 1 is 0.844 bits per heavy atom. The van der Waals surface area contributed by atoms with Crippen LogP contribution < -0.4 is 19.5 Å². The number of aromatic nitrogens is 3. The number of methoxy groups -OCH3 is 2. The first kappa shape index (κ1) is 21.3. The van der Waals surface area contributed by atoms with Crippen LogP contribution >= 0.6 is 0 Å². The van der Waals surface area contributed by atoms with Crippen molar-refractivity contribution >= 4 is 38.4 Å². The Balaban J connectivity index is 1.72. The van der Waals surface area contributed by atoms with Gasteiger partial charge in [0, 0.05) is 30.1 Å². The zero-order chi connectivity index (χ0) is 22.6. The molecule has 0 amide bonds. The van der Waals surface area contributed by atoms with Crippen molar-refractivity contribution in [1.82, 2.24) is 15.0 Å². The number of para-hydroxylation sites is 2. The molecule has 0 aliphatic rings. The molecular formula is C22H21N5O4S. The standard InChI is InChI=1S/C22H21N5O4S/c1-30-17-11-16(12-18(13-17)31-2)24-21-22(26-20-9-4-3-8-19(20)25-21)27-32(28,29)14-15-7-5-6-10-23-15/h3-13H,14H2,1-2H3,(H,24,25)(H,26,27). The average Bonchev–Trinajstić information content (AvgIpc) is 2.79. The van der Waals surface area contributed by atoms with Gasteiger partial charge in [0.15, 0.2) is 11.6 Å². The lowest BCUT2D eigenvalue weighted by Gasteiger charge is -2.15. The van der Waals surface area contributed by atoms with Crippen LogP contribution in [-0.4, -0.2) is 37.6 Å². The third kappa shape index (κ3) is 5.03. The summed E-state index contributed by atoms with van der Waals surface area (Å²) in [5.74, 6) is 1.15. The van der Waals surface area contributed by atoms with E-state index in [1.165, 1.54) is 0 Å². The summed E-state index contributed by atoms with van der Waals surface area (Å²) in [5.41, 5.74) is 2.17. The molecule has 0 spiro atoms. The summed E-state index contributed by atoms with van der Waals surface area (Å²) in [6.45, 7) is 0. The molecular weight excluding hydrogens is 430 g/mol. The van der Waals surface area contributed by atoms with Crippen molar-refractivity contribution in [3.8, 4) is 11.5 Å². The first-order valence-corrected chi connectivity index (χ1v) is 11.3. The molecule has 0 unspecified atom stereocenters. The van der Waals surface area contributed by atoms with Gasteiger partial charge in [0.05, 0.1) is 30.9 Å². The zero-order valence-corrected chi connectivity index (χ0v) is 18.3. The first-order chi connectivity index (χ1) is 15.5. The highest BCUT2D eigenvalue weighted by molar-refractivity contribution is 7.91. The zero-order valence-electron chi connectivity index (χ0n) is 17.4. The summed E-state index contributed by atoms with van der Waals surface area (Å²) in [6.07, 6.45) is 1.55. The molecule has 9 nitrogen and oxygen atoms in total. The smallest absolute Gasteiger partial charge is 0.239 e. The Labute approximate surface area is 185 Å². The van der Waals surface area contributed by atoms with E-state index >= 15 is 0 Å². The molecule has 164 valence electrons. The van der Waals surface area contributed by atoms with Gasteiger partial charge < -0.3 is 14.8 Å².